The number of amides is 2. The van der Waals surface area contributed by atoms with Crippen molar-refractivity contribution in [1.29, 1.82) is 0 Å². The van der Waals surface area contributed by atoms with E-state index in [-0.39, 0.29) is 23.7 Å². The van der Waals surface area contributed by atoms with E-state index >= 15 is 0 Å². The molecule has 0 aliphatic carbocycles. The lowest BCUT2D eigenvalue weighted by Gasteiger charge is -2.32. The predicted molar refractivity (Wildman–Crippen MR) is 136 cm³/mol. The highest BCUT2D eigenvalue weighted by Gasteiger charge is 2.27. The molecule has 0 aromatic carbocycles. The molecule has 2 fully saturated rings. The zero-order valence-electron chi connectivity index (χ0n) is 22.1. The summed E-state index contributed by atoms with van der Waals surface area (Å²) in [7, 11) is 0. The first-order valence-electron chi connectivity index (χ1n) is 13.4. The van der Waals surface area contributed by atoms with E-state index in [1.165, 1.54) is 25.9 Å². The van der Waals surface area contributed by atoms with E-state index in [4.69, 9.17) is 4.74 Å². The van der Waals surface area contributed by atoms with Gasteiger partial charge in [-0.2, -0.15) is 0 Å². The molecule has 2 N–H and O–H groups in total. The fourth-order valence-electron chi connectivity index (χ4n) is 5.50. The molecule has 35 heavy (non-hydrogen) atoms. The molecule has 2 amide bonds. The second-order valence-electron chi connectivity index (χ2n) is 10.3. The maximum absolute atomic E-state index is 12.8. The summed E-state index contributed by atoms with van der Waals surface area (Å²) in [6, 6.07) is 0. The average Bonchev–Trinajstić information content (AvgIpc) is 3.13. The summed E-state index contributed by atoms with van der Waals surface area (Å²) in [4.78, 5) is 45.0. The molecule has 0 radical (unpaired) electrons. The molecule has 0 unspecified atom stereocenters. The van der Waals surface area contributed by atoms with Crippen LogP contribution in [0.5, 0.6) is 0 Å². The topological polar surface area (TPSA) is 94.7 Å². The molecular weight excluding hydrogens is 444 g/mol. The molecule has 2 saturated heterocycles. The minimum Gasteiger partial charge on any atom is -0.461 e. The number of ether oxygens (including phenoxy) is 1. The molecule has 1 aromatic rings. The number of nitrogens with zero attached hydrogens (tertiary/aromatic N) is 2. The SMILES string of the molecule is CCOC(=O)c1[nH]c(C)c(CCC(=O)N2CCC(C(=O)NCCCN3CCC[C@@H](C)C3)CC2)c1C. The zero-order chi connectivity index (χ0) is 25.4. The lowest BCUT2D eigenvalue weighted by atomic mass is 9.95. The number of H-pyrrole nitrogens is 1. The maximum atomic E-state index is 12.8. The number of rotatable bonds is 10. The molecule has 3 rings (SSSR count). The third-order valence-corrected chi connectivity index (χ3v) is 7.57. The lowest BCUT2D eigenvalue weighted by Crippen LogP contribution is -2.43. The van der Waals surface area contributed by atoms with E-state index in [0.29, 0.717) is 38.2 Å². The summed E-state index contributed by atoms with van der Waals surface area (Å²) in [6.07, 6.45) is 6.02. The van der Waals surface area contributed by atoms with Crippen molar-refractivity contribution < 1.29 is 19.1 Å². The zero-order valence-corrected chi connectivity index (χ0v) is 22.1. The van der Waals surface area contributed by atoms with Crippen molar-refractivity contribution in [3.8, 4) is 0 Å². The van der Waals surface area contributed by atoms with Crippen LogP contribution in [0.3, 0.4) is 0 Å². The number of aryl methyl sites for hydroxylation is 1. The molecule has 196 valence electrons. The van der Waals surface area contributed by atoms with Gasteiger partial charge in [-0.25, -0.2) is 4.79 Å². The Morgan fingerprint density at radius 2 is 1.86 bits per heavy atom. The second kappa shape index (κ2) is 13.1. The Morgan fingerprint density at radius 1 is 1.11 bits per heavy atom. The van der Waals surface area contributed by atoms with Gasteiger partial charge < -0.3 is 24.8 Å². The molecule has 2 aliphatic heterocycles. The van der Waals surface area contributed by atoms with Gasteiger partial charge in [0.2, 0.25) is 11.8 Å². The summed E-state index contributed by atoms with van der Waals surface area (Å²) in [5.41, 5.74) is 3.25. The Hall–Kier alpha value is -2.35. The molecule has 0 spiro atoms. The van der Waals surface area contributed by atoms with Gasteiger partial charge in [-0.15, -0.1) is 0 Å². The number of carbonyl (C=O) groups is 3. The van der Waals surface area contributed by atoms with Crippen LogP contribution in [-0.4, -0.2) is 78.4 Å². The number of nitrogens with one attached hydrogen (secondary N) is 2. The minimum absolute atomic E-state index is 0.00430. The quantitative estimate of drug-likeness (QED) is 0.390. The molecule has 0 saturated carbocycles. The van der Waals surface area contributed by atoms with Crippen molar-refractivity contribution in [2.45, 2.75) is 72.6 Å². The summed E-state index contributed by atoms with van der Waals surface area (Å²) < 4.78 is 5.11. The third kappa shape index (κ3) is 7.56. The third-order valence-electron chi connectivity index (χ3n) is 7.57. The first kappa shape index (κ1) is 27.2. The highest BCUT2D eigenvalue weighted by Crippen LogP contribution is 2.22. The van der Waals surface area contributed by atoms with Crippen LogP contribution in [0.4, 0.5) is 0 Å². The molecule has 1 atom stereocenters. The van der Waals surface area contributed by atoms with Gasteiger partial charge in [-0.3, -0.25) is 9.59 Å². The standard InChI is InChI=1S/C27H44N4O4/c1-5-35-27(34)25-20(3)23(21(4)29-25)9-10-24(32)31-16-11-22(12-17-31)26(33)28-13-7-15-30-14-6-8-19(2)18-30/h19,22,29H,5-18H2,1-4H3,(H,28,33)/t19-/m1/s1. The first-order chi connectivity index (χ1) is 16.8. The Labute approximate surface area is 210 Å². The van der Waals surface area contributed by atoms with Gasteiger partial charge in [0.15, 0.2) is 0 Å². The van der Waals surface area contributed by atoms with Crippen LogP contribution in [0.2, 0.25) is 0 Å². The van der Waals surface area contributed by atoms with Gasteiger partial charge in [0.05, 0.1) is 6.61 Å². The highest BCUT2D eigenvalue weighted by molar-refractivity contribution is 5.90. The number of likely N-dealkylation sites (tertiary alicyclic amines) is 2. The van der Waals surface area contributed by atoms with E-state index in [9.17, 15) is 14.4 Å². The smallest absolute Gasteiger partial charge is 0.355 e. The van der Waals surface area contributed by atoms with Gasteiger partial charge in [0.1, 0.15) is 5.69 Å². The van der Waals surface area contributed by atoms with Crippen LogP contribution in [-0.2, 0) is 20.7 Å². The number of piperidine rings is 2. The van der Waals surface area contributed by atoms with Crippen molar-refractivity contribution in [3.63, 3.8) is 0 Å². The van der Waals surface area contributed by atoms with Crippen LogP contribution >= 0.6 is 0 Å². The molecular formula is C27H44N4O4. The van der Waals surface area contributed by atoms with Crippen molar-refractivity contribution in [2.75, 3.05) is 45.9 Å². The van der Waals surface area contributed by atoms with Gasteiger partial charge in [0, 0.05) is 44.2 Å². The number of esters is 1. The van der Waals surface area contributed by atoms with Crippen LogP contribution < -0.4 is 5.32 Å². The number of carbonyl (C=O) groups excluding carboxylic acids is 3. The van der Waals surface area contributed by atoms with E-state index < -0.39 is 0 Å². The maximum Gasteiger partial charge on any atom is 0.355 e. The number of aromatic amines is 1. The van der Waals surface area contributed by atoms with Crippen LogP contribution in [0.1, 0.15) is 79.7 Å². The van der Waals surface area contributed by atoms with Crippen molar-refractivity contribution in [3.05, 3.63) is 22.5 Å². The fourth-order valence-corrected chi connectivity index (χ4v) is 5.50. The van der Waals surface area contributed by atoms with E-state index in [0.717, 1.165) is 55.1 Å². The molecule has 1 aromatic heterocycles. The lowest BCUT2D eigenvalue weighted by molar-refractivity contribution is -0.135. The van der Waals surface area contributed by atoms with Gasteiger partial charge in [-0.05, 0) is 89.4 Å². The van der Waals surface area contributed by atoms with Crippen LogP contribution in [0.25, 0.3) is 0 Å². The average molecular weight is 489 g/mol. The number of hydrogen-bond donors (Lipinski definition) is 2. The fraction of sp³-hybridized carbons (Fsp3) is 0.741. The Morgan fingerprint density at radius 3 is 2.54 bits per heavy atom. The minimum atomic E-state index is -0.355. The Balaban J connectivity index is 1.36. The summed E-state index contributed by atoms with van der Waals surface area (Å²) in [5.74, 6) is 0.665. The largest absolute Gasteiger partial charge is 0.461 e. The first-order valence-corrected chi connectivity index (χ1v) is 13.4. The van der Waals surface area contributed by atoms with E-state index in [1.807, 2.05) is 18.7 Å². The van der Waals surface area contributed by atoms with Gasteiger partial charge in [-0.1, -0.05) is 6.92 Å². The monoisotopic (exact) mass is 488 g/mol. The number of hydrogen-bond acceptors (Lipinski definition) is 5. The molecule has 3 heterocycles. The van der Waals surface area contributed by atoms with Crippen molar-refractivity contribution in [2.24, 2.45) is 11.8 Å². The Bertz CT molecular complexity index is 873. The normalized spacial score (nSPS) is 19.5. The molecule has 2 aliphatic rings. The molecule has 8 nitrogen and oxygen atoms in total. The second-order valence-corrected chi connectivity index (χ2v) is 10.3. The van der Waals surface area contributed by atoms with Crippen LogP contribution in [0.15, 0.2) is 0 Å². The number of aromatic nitrogens is 1. The molecule has 0 bridgehead atoms. The summed E-state index contributed by atoms with van der Waals surface area (Å²) in [6.45, 7) is 13.6. The van der Waals surface area contributed by atoms with Crippen LogP contribution in [0, 0.1) is 25.7 Å². The van der Waals surface area contributed by atoms with Gasteiger partial charge >= 0.3 is 5.97 Å². The highest BCUT2D eigenvalue weighted by atomic mass is 16.5. The van der Waals surface area contributed by atoms with E-state index in [1.54, 1.807) is 6.92 Å². The summed E-state index contributed by atoms with van der Waals surface area (Å²) in [5, 5.41) is 3.12. The van der Waals surface area contributed by atoms with E-state index in [2.05, 4.69) is 22.1 Å². The van der Waals surface area contributed by atoms with Crippen molar-refractivity contribution in [1.82, 2.24) is 20.1 Å². The van der Waals surface area contributed by atoms with Crippen molar-refractivity contribution >= 4 is 17.8 Å². The van der Waals surface area contributed by atoms with Gasteiger partial charge in [0.25, 0.3) is 0 Å². The summed E-state index contributed by atoms with van der Waals surface area (Å²) >= 11 is 0. The Kier molecular flexibility index (Phi) is 10.2. The molecule has 8 heteroatoms. The predicted octanol–water partition coefficient (Wildman–Crippen LogP) is 3.22.